The Hall–Kier alpha value is -0.610. The number of hydrogen-bond donors (Lipinski definition) is 0. The first-order valence-corrected chi connectivity index (χ1v) is 6.12. The Bertz CT molecular complexity index is 220. The van der Waals surface area contributed by atoms with E-state index in [1.165, 1.54) is 0 Å². The molecular weight excluding hydrogens is 206 g/mol. The average molecular weight is 229 g/mol. The Kier molecular flexibility index (Phi) is 5.77. The summed E-state index contributed by atoms with van der Waals surface area (Å²) < 4.78 is 10.7. The molecule has 16 heavy (non-hydrogen) atoms. The van der Waals surface area contributed by atoms with Crippen LogP contribution in [0.3, 0.4) is 0 Å². The lowest BCUT2D eigenvalue weighted by Gasteiger charge is -2.33. The van der Waals surface area contributed by atoms with E-state index in [2.05, 4.69) is 6.92 Å². The highest BCUT2D eigenvalue weighted by atomic mass is 16.5. The fourth-order valence-corrected chi connectivity index (χ4v) is 1.92. The Morgan fingerprint density at radius 2 is 2.31 bits per heavy atom. The zero-order valence-corrected chi connectivity index (χ0v) is 10.6. The normalized spacial score (nSPS) is 23.2. The zero-order chi connectivity index (χ0) is 12.0. The minimum atomic E-state index is -0.343. The number of piperidine rings is 1. The van der Waals surface area contributed by atoms with Crippen molar-refractivity contribution in [3.8, 4) is 0 Å². The maximum atomic E-state index is 11.9. The summed E-state index contributed by atoms with van der Waals surface area (Å²) in [5, 5.41) is 0. The molecule has 4 heteroatoms. The number of nitrogens with zero attached hydrogens (tertiary/aromatic N) is 1. The van der Waals surface area contributed by atoms with Gasteiger partial charge in [0.15, 0.2) is 0 Å². The molecule has 0 N–H and O–H groups in total. The summed E-state index contributed by atoms with van der Waals surface area (Å²) in [4.78, 5) is 13.8. The summed E-state index contributed by atoms with van der Waals surface area (Å²) >= 11 is 0. The second-order valence-electron chi connectivity index (χ2n) is 4.30. The molecule has 0 aliphatic carbocycles. The first kappa shape index (κ1) is 13.5. The third-order valence-electron chi connectivity index (χ3n) is 2.95. The van der Waals surface area contributed by atoms with E-state index >= 15 is 0 Å². The molecule has 1 heterocycles. The van der Waals surface area contributed by atoms with Crippen LogP contribution < -0.4 is 0 Å². The number of likely N-dealkylation sites (tertiary alicyclic amines) is 1. The van der Waals surface area contributed by atoms with Gasteiger partial charge < -0.3 is 14.4 Å². The quantitative estimate of drug-likeness (QED) is 0.716. The molecule has 0 aromatic heterocycles. The van der Waals surface area contributed by atoms with Crippen LogP contribution in [-0.4, -0.2) is 49.8 Å². The predicted octanol–water partition coefficient (Wildman–Crippen LogP) is 1.44. The van der Waals surface area contributed by atoms with Crippen LogP contribution in [0.25, 0.3) is 0 Å². The Morgan fingerprint density at radius 1 is 1.56 bits per heavy atom. The minimum Gasteiger partial charge on any atom is -0.376 e. The van der Waals surface area contributed by atoms with Crippen LogP contribution >= 0.6 is 0 Å². The van der Waals surface area contributed by atoms with Gasteiger partial charge in [-0.15, -0.1) is 0 Å². The molecule has 1 aliphatic heterocycles. The van der Waals surface area contributed by atoms with E-state index < -0.39 is 0 Å². The van der Waals surface area contributed by atoms with Gasteiger partial charge in [0.1, 0.15) is 6.10 Å². The minimum absolute atomic E-state index is 0.0762. The molecule has 0 spiro atoms. The highest BCUT2D eigenvalue weighted by Crippen LogP contribution is 2.14. The monoisotopic (exact) mass is 229 g/mol. The zero-order valence-electron chi connectivity index (χ0n) is 10.6. The molecular formula is C12H23NO3. The van der Waals surface area contributed by atoms with E-state index in [1.807, 2.05) is 4.90 Å². The van der Waals surface area contributed by atoms with Crippen LogP contribution in [-0.2, 0) is 14.3 Å². The van der Waals surface area contributed by atoms with Crippen molar-refractivity contribution in [3.05, 3.63) is 0 Å². The highest BCUT2D eigenvalue weighted by Gasteiger charge is 2.26. The first-order chi connectivity index (χ1) is 7.69. The Labute approximate surface area is 97.9 Å². The lowest BCUT2D eigenvalue weighted by molar-refractivity contribution is -0.145. The smallest absolute Gasteiger partial charge is 0.251 e. The SMILES string of the molecule is CCCOC1CCCN(C(=O)C(C)OC)C1. The molecule has 94 valence electrons. The topological polar surface area (TPSA) is 38.8 Å². The van der Waals surface area contributed by atoms with Gasteiger partial charge in [0.05, 0.1) is 6.10 Å². The lowest BCUT2D eigenvalue weighted by Crippen LogP contribution is -2.47. The molecule has 0 aromatic rings. The van der Waals surface area contributed by atoms with Gasteiger partial charge in [-0.25, -0.2) is 0 Å². The number of amides is 1. The molecule has 1 rings (SSSR count). The van der Waals surface area contributed by atoms with Crippen LogP contribution in [0.15, 0.2) is 0 Å². The van der Waals surface area contributed by atoms with E-state index in [0.717, 1.165) is 32.4 Å². The largest absolute Gasteiger partial charge is 0.376 e. The molecule has 0 aromatic carbocycles. The van der Waals surface area contributed by atoms with Crippen LogP contribution in [0.2, 0.25) is 0 Å². The van der Waals surface area contributed by atoms with Crippen molar-refractivity contribution in [1.82, 2.24) is 4.90 Å². The summed E-state index contributed by atoms with van der Waals surface area (Å²) in [7, 11) is 1.57. The number of methoxy groups -OCH3 is 1. The highest BCUT2D eigenvalue weighted by molar-refractivity contribution is 5.80. The number of carbonyl (C=O) groups excluding carboxylic acids is 1. The molecule has 0 saturated carbocycles. The summed E-state index contributed by atoms with van der Waals surface area (Å²) in [6, 6.07) is 0. The molecule has 1 saturated heterocycles. The number of ether oxygens (including phenoxy) is 2. The van der Waals surface area contributed by atoms with Gasteiger partial charge in [0.2, 0.25) is 0 Å². The van der Waals surface area contributed by atoms with Gasteiger partial charge in [0, 0.05) is 26.8 Å². The lowest BCUT2D eigenvalue weighted by atomic mass is 10.1. The van der Waals surface area contributed by atoms with Crippen molar-refractivity contribution in [3.63, 3.8) is 0 Å². The van der Waals surface area contributed by atoms with Crippen molar-refractivity contribution in [1.29, 1.82) is 0 Å². The third-order valence-corrected chi connectivity index (χ3v) is 2.95. The molecule has 2 unspecified atom stereocenters. The summed E-state index contributed by atoms with van der Waals surface area (Å²) in [6.07, 6.45) is 2.98. The van der Waals surface area contributed by atoms with Gasteiger partial charge >= 0.3 is 0 Å². The van der Waals surface area contributed by atoms with Gasteiger partial charge in [-0.1, -0.05) is 6.92 Å². The van der Waals surface area contributed by atoms with Crippen LogP contribution in [0.1, 0.15) is 33.1 Å². The van der Waals surface area contributed by atoms with Crippen LogP contribution in [0.5, 0.6) is 0 Å². The Morgan fingerprint density at radius 3 is 2.94 bits per heavy atom. The first-order valence-electron chi connectivity index (χ1n) is 6.12. The van der Waals surface area contributed by atoms with Gasteiger partial charge in [0.25, 0.3) is 5.91 Å². The number of carbonyl (C=O) groups is 1. The molecule has 1 fully saturated rings. The molecule has 0 bridgehead atoms. The van der Waals surface area contributed by atoms with E-state index in [-0.39, 0.29) is 18.1 Å². The standard InChI is InChI=1S/C12H23NO3/c1-4-8-16-11-6-5-7-13(9-11)12(14)10(2)15-3/h10-11H,4-9H2,1-3H3. The van der Waals surface area contributed by atoms with Gasteiger partial charge in [-0.05, 0) is 26.2 Å². The molecule has 0 radical (unpaired) electrons. The molecule has 1 amide bonds. The maximum Gasteiger partial charge on any atom is 0.251 e. The van der Waals surface area contributed by atoms with E-state index in [9.17, 15) is 4.79 Å². The molecule has 1 aliphatic rings. The van der Waals surface area contributed by atoms with Crippen molar-refractivity contribution in [2.75, 3.05) is 26.8 Å². The number of rotatable bonds is 5. The van der Waals surface area contributed by atoms with Crippen LogP contribution in [0.4, 0.5) is 0 Å². The van der Waals surface area contributed by atoms with Crippen molar-refractivity contribution in [2.45, 2.75) is 45.3 Å². The summed E-state index contributed by atoms with van der Waals surface area (Å²) in [6.45, 7) is 6.22. The van der Waals surface area contributed by atoms with Crippen molar-refractivity contribution < 1.29 is 14.3 Å². The predicted molar refractivity (Wildman–Crippen MR) is 62.3 cm³/mol. The van der Waals surface area contributed by atoms with Crippen molar-refractivity contribution >= 4 is 5.91 Å². The van der Waals surface area contributed by atoms with E-state index in [4.69, 9.17) is 9.47 Å². The molecule has 4 nitrogen and oxygen atoms in total. The second-order valence-corrected chi connectivity index (χ2v) is 4.30. The number of hydrogen-bond acceptors (Lipinski definition) is 3. The Balaban J connectivity index is 2.40. The average Bonchev–Trinajstić information content (AvgIpc) is 2.34. The van der Waals surface area contributed by atoms with Gasteiger partial charge in [-0.3, -0.25) is 4.79 Å². The van der Waals surface area contributed by atoms with E-state index in [1.54, 1.807) is 14.0 Å². The second kappa shape index (κ2) is 6.86. The third kappa shape index (κ3) is 3.76. The molecule has 2 atom stereocenters. The van der Waals surface area contributed by atoms with Gasteiger partial charge in [-0.2, -0.15) is 0 Å². The maximum absolute atomic E-state index is 11.9. The van der Waals surface area contributed by atoms with Crippen LogP contribution in [0, 0.1) is 0 Å². The van der Waals surface area contributed by atoms with E-state index in [0.29, 0.717) is 6.54 Å². The fraction of sp³-hybridized carbons (Fsp3) is 0.917. The summed E-state index contributed by atoms with van der Waals surface area (Å²) in [5.74, 6) is 0.0762. The fourth-order valence-electron chi connectivity index (χ4n) is 1.92. The van der Waals surface area contributed by atoms with Crippen molar-refractivity contribution in [2.24, 2.45) is 0 Å². The summed E-state index contributed by atoms with van der Waals surface area (Å²) in [5.41, 5.74) is 0.